The lowest BCUT2D eigenvalue weighted by Crippen LogP contribution is -1.87. The molecular weight excluding hydrogens is 186 g/mol. The van der Waals surface area contributed by atoms with Crippen LogP contribution in [0.25, 0.3) is 11.3 Å². The molecule has 0 spiro atoms. The molecule has 0 radical (unpaired) electrons. The van der Waals surface area contributed by atoms with Crippen LogP contribution in [-0.2, 0) is 0 Å². The van der Waals surface area contributed by atoms with Crippen LogP contribution in [0, 0.1) is 0 Å². The summed E-state index contributed by atoms with van der Waals surface area (Å²) in [5.41, 5.74) is 3.04. The number of hydrogen-bond donors (Lipinski definition) is 1. The molecule has 0 bridgehead atoms. The first-order valence-electron chi connectivity index (χ1n) is 4.65. The van der Waals surface area contributed by atoms with Gasteiger partial charge in [0, 0.05) is 11.8 Å². The van der Waals surface area contributed by atoms with Crippen LogP contribution in [0.4, 0.5) is 0 Å². The van der Waals surface area contributed by atoms with Crippen molar-refractivity contribution in [1.29, 1.82) is 0 Å². The van der Waals surface area contributed by atoms with Gasteiger partial charge in [-0.15, -0.1) is 0 Å². The lowest BCUT2D eigenvalue weighted by molar-refractivity contribution is 1.26. The molecule has 0 atom stereocenters. The van der Waals surface area contributed by atoms with Crippen molar-refractivity contribution in [2.24, 2.45) is 10.9 Å². The molecule has 1 heterocycles. The second-order valence-corrected chi connectivity index (χ2v) is 3.12. The van der Waals surface area contributed by atoms with Gasteiger partial charge in [0.15, 0.2) is 0 Å². The van der Waals surface area contributed by atoms with E-state index in [4.69, 9.17) is 5.84 Å². The minimum atomic E-state index is 0.966. The van der Waals surface area contributed by atoms with Crippen LogP contribution in [0.3, 0.4) is 0 Å². The first kappa shape index (κ1) is 9.40. The highest BCUT2D eigenvalue weighted by Gasteiger charge is 1.96. The molecule has 0 amide bonds. The quantitative estimate of drug-likeness (QED) is 0.455. The summed E-state index contributed by atoms with van der Waals surface area (Å²) < 4.78 is 0. The third-order valence-electron chi connectivity index (χ3n) is 2.09. The molecule has 0 saturated heterocycles. The highest BCUT2D eigenvalue weighted by Crippen LogP contribution is 2.15. The van der Waals surface area contributed by atoms with Crippen molar-refractivity contribution in [1.82, 2.24) is 4.98 Å². The Bertz CT molecular complexity index is 446. The summed E-state index contributed by atoms with van der Waals surface area (Å²) in [6.45, 7) is 0. The fraction of sp³-hybridized carbons (Fsp3) is 0. The Labute approximate surface area is 88.3 Å². The maximum atomic E-state index is 5.07. The molecule has 0 aliphatic heterocycles. The fourth-order valence-corrected chi connectivity index (χ4v) is 1.36. The average molecular weight is 197 g/mol. The topological polar surface area (TPSA) is 51.3 Å². The first-order valence-corrected chi connectivity index (χ1v) is 4.65. The molecule has 0 aliphatic rings. The maximum Gasteiger partial charge on any atom is 0.0701 e. The van der Waals surface area contributed by atoms with E-state index >= 15 is 0 Å². The monoisotopic (exact) mass is 197 g/mol. The van der Waals surface area contributed by atoms with Crippen molar-refractivity contribution in [2.75, 3.05) is 0 Å². The number of rotatable bonds is 2. The van der Waals surface area contributed by atoms with Crippen molar-refractivity contribution in [3.05, 3.63) is 54.2 Å². The van der Waals surface area contributed by atoms with Crippen LogP contribution in [0.1, 0.15) is 5.56 Å². The zero-order valence-electron chi connectivity index (χ0n) is 8.17. The number of nitrogens with zero attached hydrogens (tertiary/aromatic N) is 2. The zero-order chi connectivity index (χ0) is 10.5. The van der Waals surface area contributed by atoms with Crippen molar-refractivity contribution in [2.45, 2.75) is 0 Å². The molecule has 0 unspecified atom stereocenters. The van der Waals surface area contributed by atoms with Gasteiger partial charge in [-0.3, -0.25) is 4.98 Å². The summed E-state index contributed by atoms with van der Waals surface area (Å²) in [5.74, 6) is 5.07. The van der Waals surface area contributed by atoms with Gasteiger partial charge < -0.3 is 5.84 Å². The smallest absolute Gasteiger partial charge is 0.0701 e. The standard InChI is InChI=1S/C12H11N3/c13-15-9-10-4-6-11(7-5-10)12-3-1-2-8-14-12/h1-9H,13H2/b15-9+. The minimum Gasteiger partial charge on any atom is -0.323 e. The van der Waals surface area contributed by atoms with Gasteiger partial charge in [0.1, 0.15) is 0 Å². The third-order valence-corrected chi connectivity index (χ3v) is 2.09. The van der Waals surface area contributed by atoms with Gasteiger partial charge in [-0.25, -0.2) is 0 Å². The van der Waals surface area contributed by atoms with Gasteiger partial charge in [0.05, 0.1) is 11.9 Å². The zero-order valence-corrected chi connectivity index (χ0v) is 8.17. The number of pyridine rings is 1. The maximum absolute atomic E-state index is 5.07. The molecule has 0 saturated carbocycles. The highest BCUT2D eigenvalue weighted by molar-refractivity contribution is 5.80. The van der Waals surface area contributed by atoms with Crippen LogP contribution >= 0.6 is 0 Å². The summed E-state index contributed by atoms with van der Waals surface area (Å²) in [7, 11) is 0. The van der Waals surface area contributed by atoms with Gasteiger partial charge in [0.25, 0.3) is 0 Å². The number of hydrazone groups is 1. The van der Waals surface area contributed by atoms with E-state index in [2.05, 4.69) is 10.1 Å². The molecule has 3 heteroatoms. The predicted molar refractivity (Wildman–Crippen MR) is 61.5 cm³/mol. The summed E-state index contributed by atoms with van der Waals surface area (Å²) in [5, 5.41) is 3.47. The predicted octanol–water partition coefficient (Wildman–Crippen LogP) is 2.04. The van der Waals surface area contributed by atoms with Crippen molar-refractivity contribution < 1.29 is 0 Å². The molecule has 1 aromatic heterocycles. The Morgan fingerprint density at radius 3 is 2.47 bits per heavy atom. The Hall–Kier alpha value is -2.16. The second kappa shape index (κ2) is 4.37. The Balaban J connectivity index is 2.32. The molecule has 0 fully saturated rings. The van der Waals surface area contributed by atoms with E-state index in [1.165, 1.54) is 0 Å². The van der Waals surface area contributed by atoms with E-state index in [1.54, 1.807) is 12.4 Å². The SMILES string of the molecule is N/N=C/c1ccc(-c2ccccn2)cc1. The largest absolute Gasteiger partial charge is 0.323 e. The third kappa shape index (κ3) is 2.20. The molecule has 0 aliphatic carbocycles. The van der Waals surface area contributed by atoms with E-state index < -0.39 is 0 Å². The van der Waals surface area contributed by atoms with Gasteiger partial charge in [-0.2, -0.15) is 5.10 Å². The Morgan fingerprint density at radius 2 is 1.87 bits per heavy atom. The van der Waals surface area contributed by atoms with E-state index in [9.17, 15) is 0 Å². The summed E-state index contributed by atoms with van der Waals surface area (Å²) >= 11 is 0. The molecule has 2 rings (SSSR count). The summed E-state index contributed by atoms with van der Waals surface area (Å²) in [6, 6.07) is 13.8. The lowest BCUT2D eigenvalue weighted by Gasteiger charge is -2.00. The molecule has 2 aromatic rings. The Kier molecular flexibility index (Phi) is 2.74. The molecule has 1 aromatic carbocycles. The second-order valence-electron chi connectivity index (χ2n) is 3.12. The number of hydrogen-bond acceptors (Lipinski definition) is 3. The molecular formula is C12H11N3. The molecule has 15 heavy (non-hydrogen) atoms. The molecule has 74 valence electrons. The summed E-state index contributed by atoms with van der Waals surface area (Å²) in [6.07, 6.45) is 3.40. The van der Waals surface area contributed by atoms with Gasteiger partial charge >= 0.3 is 0 Å². The van der Waals surface area contributed by atoms with Crippen LogP contribution in [0.5, 0.6) is 0 Å². The van der Waals surface area contributed by atoms with Crippen LogP contribution in [0.15, 0.2) is 53.8 Å². The van der Waals surface area contributed by atoms with E-state index in [1.807, 2.05) is 42.5 Å². The Morgan fingerprint density at radius 1 is 1.07 bits per heavy atom. The molecule has 2 N–H and O–H groups in total. The van der Waals surface area contributed by atoms with E-state index in [-0.39, 0.29) is 0 Å². The normalized spacial score (nSPS) is 10.7. The number of aromatic nitrogens is 1. The van der Waals surface area contributed by atoms with Crippen molar-refractivity contribution in [3.63, 3.8) is 0 Å². The number of nitrogens with two attached hydrogens (primary N) is 1. The minimum absolute atomic E-state index is 0.966. The lowest BCUT2D eigenvalue weighted by atomic mass is 10.1. The summed E-state index contributed by atoms with van der Waals surface area (Å²) in [4.78, 5) is 4.27. The van der Waals surface area contributed by atoms with E-state index in [0.29, 0.717) is 0 Å². The fourth-order valence-electron chi connectivity index (χ4n) is 1.36. The highest BCUT2D eigenvalue weighted by atomic mass is 15.1. The number of benzene rings is 1. The average Bonchev–Trinajstić information content (AvgIpc) is 2.32. The van der Waals surface area contributed by atoms with Gasteiger partial charge in [-0.05, 0) is 17.7 Å². The van der Waals surface area contributed by atoms with Crippen molar-refractivity contribution >= 4 is 6.21 Å². The van der Waals surface area contributed by atoms with Gasteiger partial charge in [-0.1, -0.05) is 30.3 Å². The van der Waals surface area contributed by atoms with Crippen LogP contribution in [0.2, 0.25) is 0 Å². The van der Waals surface area contributed by atoms with Crippen molar-refractivity contribution in [3.8, 4) is 11.3 Å². The first-order chi connectivity index (χ1) is 7.40. The molecule has 3 nitrogen and oxygen atoms in total. The van der Waals surface area contributed by atoms with Crippen LogP contribution < -0.4 is 5.84 Å². The van der Waals surface area contributed by atoms with E-state index in [0.717, 1.165) is 16.8 Å². The van der Waals surface area contributed by atoms with Gasteiger partial charge in [0.2, 0.25) is 0 Å². The van der Waals surface area contributed by atoms with Crippen LogP contribution in [-0.4, -0.2) is 11.2 Å².